The van der Waals surface area contributed by atoms with Crippen molar-refractivity contribution in [1.29, 1.82) is 0 Å². The molecular weight excluding hydrogens is 304 g/mol. The lowest BCUT2D eigenvalue weighted by Crippen LogP contribution is -2.34. The Morgan fingerprint density at radius 3 is 3.21 bits per heavy atom. The van der Waals surface area contributed by atoms with Crippen molar-refractivity contribution in [3.05, 3.63) is 22.2 Å². The zero-order chi connectivity index (χ0) is 13.2. The quantitative estimate of drug-likeness (QED) is 0.924. The molecule has 1 aromatic carbocycles. The van der Waals surface area contributed by atoms with Gasteiger partial charge in [0.15, 0.2) is 0 Å². The van der Waals surface area contributed by atoms with Gasteiger partial charge in [0, 0.05) is 30.8 Å². The van der Waals surface area contributed by atoms with Crippen LogP contribution in [-0.2, 0) is 6.42 Å². The van der Waals surface area contributed by atoms with Gasteiger partial charge in [-0.05, 0) is 60.4 Å². The van der Waals surface area contributed by atoms with E-state index in [9.17, 15) is 0 Å². The molecular formula is C15H21BrN2O. The van der Waals surface area contributed by atoms with Crippen molar-refractivity contribution in [3.8, 4) is 5.75 Å². The highest BCUT2D eigenvalue weighted by Gasteiger charge is 2.19. The van der Waals surface area contributed by atoms with E-state index in [1.165, 1.54) is 30.6 Å². The zero-order valence-electron chi connectivity index (χ0n) is 11.4. The minimum Gasteiger partial charge on any atom is -0.492 e. The summed E-state index contributed by atoms with van der Waals surface area (Å²) in [4.78, 5) is 2.40. The lowest BCUT2D eigenvalue weighted by Gasteiger charge is -2.29. The van der Waals surface area contributed by atoms with Crippen LogP contribution < -0.4 is 10.1 Å². The normalized spacial score (nSPS) is 22.9. The van der Waals surface area contributed by atoms with E-state index in [1.807, 2.05) is 0 Å². The maximum atomic E-state index is 6.04. The Kier molecular flexibility index (Phi) is 3.99. The number of likely N-dealkylation sites (tertiary alicyclic amines) is 1. The fraction of sp³-hybridized carbons (Fsp3) is 0.600. The molecule has 0 aromatic heterocycles. The third kappa shape index (κ3) is 3.06. The Morgan fingerprint density at radius 1 is 1.47 bits per heavy atom. The van der Waals surface area contributed by atoms with Gasteiger partial charge in [-0.1, -0.05) is 0 Å². The maximum absolute atomic E-state index is 6.04. The highest BCUT2D eigenvalue weighted by atomic mass is 79.9. The van der Waals surface area contributed by atoms with Gasteiger partial charge < -0.3 is 15.0 Å². The Balaban J connectivity index is 1.63. The van der Waals surface area contributed by atoms with Gasteiger partial charge >= 0.3 is 0 Å². The van der Waals surface area contributed by atoms with Crippen LogP contribution in [0.15, 0.2) is 16.6 Å². The molecule has 0 spiro atoms. The lowest BCUT2D eigenvalue weighted by molar-refractivity contribution is 0.150. The van der Waals surface area contributed by atoms with Gasteiger partial charge in [0.2, 0.25) is 0 Å². The van der Waals surface area contributed by atoms with Crippen LogP contribution in [0.4, 0.5) is 5.69 Å². The summed E-state index contributed by atoms with van der Waals surface area (Å²) in [5, 5.41) is 3.40. The summed E-state index contributed by atoms with van der Waals surface area (Å²) in [7, 11) is 2.20. The number of ether oxygens (including phenoxy) is 1. The zero-order valence-corrected chi connectivity index (χ0v) is 13.0. The molecule has 104 valence electrons. The molecule has 1 atom stereocenters. The molecule has 1 unspecified atom stereocenters. The van der Waals surface area contributed by atoms with Crippen molar-refractivity contribution in [2.75, 3.05) is 38.6 Å². The second kappa shape index (κ2) is 5.71. The SMILES string of the molecule is CN1CCCC(COc2cc3c(cc2Br)CCN3)C1. The Bertz CT molecular complexity index is 464. The van der Waals surface area contributed by atoms with Crippen molar-refractivity contribution in [3.63, 3.8) is 0 Å². The molecule has 0 amide bonds. The fourth-order valence-corrected chi connectivity index (χ4v) is 3.53. The number of nitrogens with zero attached hydrogens (tertiary/aromatic N) is 1. The van der Waals surface area contributed by atoms with Gasteiger partial charge in [0.25, 0.3) is 0 Å². The van der Waals surface area contributed by atoms with E-state index in [2.05, 4.69) is 45.3 Å². The summed E-state index contributed by atoms with van der Waals surface area (Å²) in [6.07, 6.45) is 3.68. The highest BCUT2D eigenvalue weighted by molar-refractivity contribution is 9.10. The molecule has 1 fully saturated rings. The average molecular weight is 325 g/mol. The van der Waals surface area contributed by atoms with Crippen LogP contribution in [0.3, 0.4) is 0 Å². The van der Waals surface area contributed by atoms with Gasteiger partial charge in [-0.3, -0.25) is 0 Å². The second-order valence-corrected chi connectivity index (χ2v) is 6.55. The molecule has 0 aliphatic carbocycles. The lowest BCUT2D eigenvalue weighted by atomic mass is 9.99. The number of benzene rings is 1. The molecule has 1 N–H and O–H groups in total. The first-order valence-corrected chi connectivity index (χ1v) is 7.89. The number of rotatable bonds is 3. The van der Waals surface area contributed by atoms with Crippen LogP contribution in [0.1, 0.15) is 18.4 Å². The van der Waals surface area contributed by atoms with Crippen molar-refractivity contribution in [2.24, 2.45) is 5.92 Å². The second-order valence-electron chi connectivity index (χ2n) is 5.70. The summed E-state index contributed by atoms with van der Waals surface area (Å²) in [6, 6.07) is 4.33. The monoisotopic (exact) mass is 324 g/mol. The smallest absolute Gasteiger partial charge is 0.135 e. The van der Waals surface area contributed by atoms with Crippen molar-refractivity contribution < 1.29 is 4.74 Å². The molecule has 0 saturated carbocycles. The molecule has 2 aliphatic heterocycles. The van der Waals surface area contributed by atoms with E-state index in [4.69, 9.17) is 4.74 Å². The summed E-state index contributed by atoms with van der Waals surface area (Å²) < 4.78 is 7.12. The molecule has 2 heterocycles. The van der Waals surface area contributed by atoms with Crippen molar-refractivity contribution in [2.45, 2.75) is 19.3 Å². The van der Waals surface area contributed by atoms with E-state index < -0.39 is 0 Å². The molecule has 1 saturated heterocycles. The largest absolute Gasteiger partial charge is 0.492 e. The molecule has 0 bridgehead atoms. The van der Waals surface area contributed by atoms with Gasteiger partial charge in [-0.25, -0.2) is 0 Å². The third-order valence-electron chi connectivity index (χ3n) is 4.06. The van der Waals surface area contributed by atoms with E-state index in [0.717, 1.165) is 36.3 Å². The fourth-order valence-electron chi connectivity index (χ4n) is 3.03. The number of piperidine rings is 1. The molecule has 2 aliphatic rings. The average Bonchev–Trinajstić information content (AvgIpc) is 2.83. The van der Waals surface area contributed by atoms with Gasteiger partial charge in [-0.15, -0.1) is 0 Å². The third-order valence-corrected chi connectivity index (χ3v) is 4.68. The number of fused-ring (bicyclic) bond motifs is 1. The first-order chi connectivity index (χ1) is 9.22. The highest BCUT2D eigenvalue weighted by Crippen LogP contribution is 2.34. The van der Waals surface area contributed by atoms with Crippen LogP contribution >= 0.6 is 15.9 Å². The molecule has 1 aromatic rings. The molecule has 19 heavy (non-hydrogen) atoms. The number of nitrogens with one attached hydrogen (secondary N) is 1. The standard InChI is InChI=1S/C15H21BrN2O/c1-18-6-2-3-11(9-18)10-19-15-8-14-12(4-5-17-14)7-13(15)16/h7-8,11,17H,2-6,9-10H2,1H3. The molecule has 3 rings (SSSR count). The summed E-state index contributed by atoms with van der Waals surface area (Å²) in [5.41, 5.74) is 2.62. The van der Waals surface area contributed by atoms with E-state index in [1.54, 1.807) is 0 Å². The first-order valence-electron chi connectivity index (χ1n) is 7.10. The minimum atomic E-state index is 0.659. The Hall–Kier alpha value is -0.740. The number of hydrogen-bond acceptors (Lipinski definition) is 3. The number of halogens is 1. The molecule has 0 radical (unpaired) electrons. The Morgan fingerprint density at radius 2 is 2.37 bits per heavy atom. The maximum Gasteiger partial charge on any atom is 0.135 e. The molecule has 4 heteroatoms. The predicted octanol–water partition coefficient (Wildman–Crippen LogP) is 3.14. The van der Waals surface area contributed by atoms with E-state index >= 15 is 0 Å². The topological polar surface area (TPSA) is 24.5 Å². The van der Waals surface area contributed by atoms with Crippen LogP contribution in [0.25, 0.3) is 0 Å². The summed E-state index contributed by atoms with van der Waals surface area (Å²) in [5.74, 6) is 1.63. The van der Waals surface area contributed by atoms with Gasteiger partial charge in [0.1, 0.15) is 5.75 Å². The Labute approximate surface area is 123 Å². The first kappa shape index (κ1) is 13.3. The number of hydrogen-bond donors (Lipinski definition) is 1. The van der Waals surface area contributed by atoms with Crippen molar-refractivity contribution >= 4 is 21.6 Å². The number of anilines is 1. The van der Waals surface area contributed by atoms with Crippen LogP contribution in [-0.4, -0.2) is 38.2 Å². The van der Waals surface area contributed by atoms with Gasteiger partial charge in [-0.2, -0.15) is 0 Å². The van der Waals surface area contributed by atoms with E-state index in [-0.39, 0.29) is 0 Å². The molecule has 3 nitrogen and oxygen atoms in total. The van der Waals surface area contributed by atoms with Crippen LogP contribution in [0.2, 0.25) is 0 Å². The summed E-state index contributed by atoms with van der Waals surface area (Å²) >= 11 is 3.62. The van der Waals surface area contributed by atoms with Crippen molar-refractivity contribution in [1.82, 2.24) is 4.90 Å². The summed E-state index contributed by atoms with van der Waals surface area (Å²) in [6.45, 7) is 4.24. The van der Waals surface area contributed by atoms with Crippen LogP contribution in [0, 0.1) is 5.92 Å². The predicted molar refractivity (Wildman–Crippen MR) is 82.1 cm³/mol. The van der Waals surface area contributed by atoms with Crippen LogP contribution in [0.5, 0.6) is 5.75 Å². The van der Waals surface area contributed by atoms with Gasteiger partial charge in [0.05, 0.1) is 11.1 Å². The van der Waals surface area contributed by atoms with E-state index in [0.29, 0.717) is 5.92 Å². The minimum absolute atomic E-state index is 0.659.